The third-order valence-corrected chi connectivity index (χ3v) is 5.52. The number of hydrogen-bond donors (Lipinski definition) is 0. The Hall–Kier alpha value is -2.54. The van der Waals surface area contributed by atoms with Gasteiger partial charge in [-0.15, -0.1) is 0 Å². The van der Waals surface area contributed by atoms with Gasteiger partial charge in [-0.05, 0) is 25.0 Å². The summed E-state index contributed by atoms with van der Waals surface area (Å²) in [6, 6.07) is 0. The fourth-order valence-corrected chi connectivity index (χ4v) is 4.12. The first-order valence-corrected chi connectivity index (χ1v) is 9.40. The molecule has 0 aliphatic heterocycles. The van der Waals surface area contributed by atoms with Gasteiger partial charge in [-0.2, -0.15) is 0 Å². The van der Waals surface area contributed by atoms with E-state index >= 15 is 0 Å². The first kappa shape index (κ1) is 17.9. The number of carbonyl (C=O) groups is 1. The minimum atomic E-state index is -0.489. The van der Waals surface area contributed by atoms with Crippen LogP contribution >= 0.6 is 0 Å². The van der Waals surface area contributed by atoms with E-state index in [-0.39, 0.29) is 11.5 Å². The molecule has 1 atom stereocenters. The number of fused-ring (bicyclic) bond motifs is 3. The first-order chi connectivity index (χ1) is 13.0. The Morgan fingerprint density at radius 1 is 1.26 bits per heavy atom. The van der Waals surface area contributed by atoms with Crippen molar-refractivity contribution in [2.75, 3.05) is 21.2 Å². The Labute approximate surface area is 157 Å². The van der Waals surface area contributed by atoms with Crippen LogP contribution in [0.2, 0.25) is 0 Å². The van der Waals surface area contributed by atoms with E-state index in [0.717, 1.165) is 24.0 Å². The van der Waals surface area contributed by atoms with Gasteiger partial charge in [0, 0.05) is 27.1 Å². The number of amides is 1. The molecule has 2 heterocycles. The molecule has 0 spiro atoms. The van der Waals surface area contributed by atoms with Crippen molar-refractivity contribution >= 4 is 23.6 Å². The van der Waals surface area contributed by atoms with Crippen LogP contribution < -0.4 is 10.9 Å². The molecule has 0 radical (unpaired) electrons. The number of hydrogen-bond acceptors (Lipinski definition) is 5. The van der Waals surface area contributed by atoms with Crippen molar-refractivity contribution in [3.63, 3.8) is 0 Å². The summed E-state index contributed by atoms with van der Waals surface area (Å²) >= 11 is 0. The average molecular weight is 368 g/mol. The lowest BCUT2D eigenvalue weighted by molar-refractivity contribution is -0.125. The van der Waals surface area contributed by atoms with Gasteiger partial charge >= 0.3 is 0 Å². The van der Waals surface area contributed by atoms with Crippen molar-refractivity contribution in [2.45, 2.75) is 44.1 Å². The minimum absolute atomic E-state index is 0.156. The molecule has 0 saturated heterocycles. The summed E-state index contributed by atoms with van der Waals surface area (Å²) in [4.78, 5) is 35.4. The highest BCUT2D eigenvalue weighted by atomic mass is 16.5. The zero-order valence-electron chi connectivity index (χ0n) is 15.9. The van der Waals surface area contributed by atoms with Crippen LogP contribution in [-0.2, 0) is 9.53 Å². The number of imidazole rings is 1. The second-order valence-corrected chi connectivity index (χ2v) is 7.48. The predicted molar refractivity (Wildman–Crippen MR) is 102 cm³/mol. The quantitative estimate of drug-likeness (QED) is 0.812. The summed E-state index contributed by atoms with van der Waals surface area (Å²) in [5, 5.41) is 0.782. The number of rotatable bonds is 3. The van der Waals surface area contributed by atoms with Crippen LogP contribution in [0.15, 0.2) is 16.6 Å². The van der Waals surface area contributed by atoms with E-state index in [9.17, 15) is 9.59 Å². The van der Waals surface area contributed by atoms with E-state index in [1.54, 1.807) is 33.5 Å². The molecule has 4 rings (SSSR count). The van der Waals surface area contributed by atoms with E-state index in [4.69, 9.17) is 4.74 Å². The van der Waals surface area contributed by atoms with E-state index < -0.39 is 6.10 Å². The summed E-state index contributed by atoms with van der Waals surface area (Å²) in [5.41, 5.74) is 1.14. The van der Waals surface area contributed by atoms with Crippen LogP contribution in [0.1, 0.15) is 49.5 Å². The summed E-state index contributed by atoms with van der Waals surface area (Å²) < 4.78 is 7.49. The zero-order valence-corrected chi connectivity index (χ0v) is 15.9. The zero-order chi connectivity index (χ0) is 19.1. The predicted octanol–water partition coefficient (Wildman–Crippen LogP) is 1.14. The van der Waals surface area contributed by atoms with E-state index in [2.05, 4.69) is 9.97 Å². The fraction of sp³-hybridized carbons (Fsp3) is 0.500. The molecule has 0 bridgehead atoms. The number of likely N-dealkylation sites (N-methyl/N-ethyl adjacent to an activating group) is 1. The maximum Gasteiger partial charge on any atom is 0.296 e. The second kappa shape index (κ2) is 6.88. The molecule has 1 unspecified atom stereocenters. The third kappa shape index (κ3) is 2.96. The monoisotopic (exact) mass is 368 g/mol. The van der Waals surface area contributed by atoms with Gasteiger partial charge in [0.05, 0.1) is 22.8 Å². The van der Waals surface area contributed by atoms with Crippen LogP contribution in [-0.4, -0.2) is 52.5 Å². The molecule has 1 amide bonds. The van der Waals surface area contributed by atoms with Gasteiger partial charge in [0.25, 0.3) is 11.5 Å². The maximum atomic E-state index is 12.6. The Morgan fingerprint density at radius 3 is 2.67 bits per heavy atom. The van der Waals surface area contributed by atoms with Gasteiger partial charge < -0.3 is 9.64 Å². The molecule has 27 heavy (non-hydrogen) atoms. The highest BCUT2D eigenvalue weighted by Crippen LogP contribution is 2.31. The SMILES string of the molecule is COC1C=c2c(nc(=O)c3cnc(C4CCCCC4)n23)C=C1C(=O)N(C)C. The smallest absolute Gasteiger partial charge is 0.296 e. The van der Waals surface area contributed by atoms with Crippen molar-refractivity contribution in [1.29, 1.82) is 0 Å². The molecular weight excluding hydrogens is 344 g/mol. The van der Waals surface area contributed by atoms with Crippen molar-refractivity contribution in [2.24, 2.45) is 0 Å². The molecule has 1 saturated carbocycles. The summed E-state index contributed by atoms with van der Waals surface area (Å²) in [6.45, 7) is 0. The van der Waals surface area contributed by atoms with Gasteiger partial charge in [-0.25, -0.2) is 9.97 Å². The molecular formula is C20H24N4O3. The van der Waals surface area contributed by atoms with E-state index in [0.29, 0.717) is 22.7 Å². The van der Waals surface area contributed by atoms with Crippen molar-refractivity contribution < 1.29 is 9.53 Å². The Morgan fingerprint density at radius 2 is 2.00 bits per heavy atom. The molecule has 1 fully saturated rings. The molecule has 2 aromatic heterocycles. The number of ether oxygens (including phenoxy) is 1. The Bertz CT molecular complexity index is 1030. The van der Waals surface area contributed by atoms with Crippen LogP contribution in [0.3, 0.4) is 0 Å². The highest BCUT2D eigenvalue weighted by molar-refractivity contribution is 6.00. The normalized spacial score (nSPS) is 20.1. The summed E-state index contributed by atoms with van der Waals surface area (Å²) in [5.74, 6) is 1.11. The number of methoxy groups -OCH3 is 1. The minimum Gasteiger partial charge on any atom is -0.372 e. The molecule has 7 heteroatoms. The lowest BCUT2D eigenvalue weighted by atomic mass is 9.88. The number of aromatic nitrogens is 3. The average Bonchev–Trinajstić information content (AvgIpc) is 3.13. The largest absolute Gasteiger partial charge is 0.372 e. The van der Waals surface area contributed by atoms with Gasteiger partial charge in [0.1, 0.15) is 17.4 Å². The van der Waals surface area contributed by atoms with Crippen molar-refractivity contribution in [3.8, 4) is 0 Å². The molecule has 2 aliphatic carbocycles. The van der Waals surface area contributed by atoms with Crippen LogP contribution in [0.4, 0.5) is 0 Å². The lowest BCUT2D eigenvalue weighted by Crippen LogP contribution is -2.37. The highest BCUT2D eigenvalue weighted by Gasteiger charge is 2.27. The van der Waals surface area contributed by atoms with Gasteiger partial charge in [-0.1, -0.05) is 19.3 Å². The van der Waals surface area contributed by atoms with Gasteiger partial charge in [0.2, 0.25) is 0 Å². The number of carbonyl (C=O) groups excluding carboxylic acids is 1. The lowest BCUT2D eigenvalue weighted by Gasteiger charge is -2.23. The second-order valence-electron chi connectivity index (χ2n) is 7.48. The molecule has 2 aliphatic rings. The van der Waals surface area contributed by atoms with Crippen LogP contribution in [0, 0.1) is 0 Å². The number of nitrogens with zero attached hydrogens (tertiary/aromatic N) is 4. The van der Waals surface area contributed by atoms with Gasteiger partial charge in [0.15, 0.2) is 0 Å². The fourth-order valence-electron chi connectivity index (χ4n) is 4.12. The van der Waals surface area contributed by atoms with Crippen LogP contribution in [0.25, 0.3) is 17.7 Å². The third-order valence-electron chi connectivity index (χ3n) is 5.52. The summed E-state index contributed by atoms with van der Waals surface area (Å²) in [6.07, 6.45) is 10.5. The standard InChI is InChI=1S/C20H24N4O3/c1-23(2)20(26)13-9-14-15(10-17(13)27-3)24-16(19(25)22-14)11-21-18(24)12-7-5-4-6-8-12/h9-12,17H,4-8H2,1-3H3. The molecule has 142 valence electrons. The molecule has 2 aromatic rings. The Kier molecular flexibility index (Phi) is 4.55. The maximum absolute atomic E-state index is 12.6. The molecule has 0 aromatic carbocycles. The van der Waals surface area contributed by atoms with E-state index in [1.807, 2.05) is 10.5 Å². The first-order valence-electron chi connectivity index (χ1n) is 9.40. The van der Waals surface area contributed by atoms with Crippen LogP contribution in [0.5, 0.6) is 0 Å². The van der Waals surface area contributed by atoms with E-state index in [1.165, 1.54) is 24.2 Å². The molecule has 7 nitrogen and oxygen atoms in total. The topological polar surface area (TPSA) is 76.8 Å². The summed E-state index contributed by atoms with van der Waals surface area (Å²) in [7, 11) is 4.96. The van der Waals surface area contributed by atoms with Crippen molar-refractivity contribution in [1.82, 2.24) is 19.3 Å². The molecule has 0 N–H and O–H groups in total. The Balaban J connectivity index is 1.95. The van der Waals surface area contributed by atoms with Crippen molar-refractivity contribution in [3.05, 3.63) is 39.0 Å². The van der Waals surface area contributed by atoms with Gasteiger partial charge in [-0.3, -0.25) is 14.0 Å².